The topological polar surface area (TPSA) is 47.9 Å². The van der Waals surface area contributed by atoms with Crippen molar-refractivity contribution in [2.75, 3.05) is 13.2 Å². The Morgan fingerprint density at radius 2 is 1.72 bits per heavy atom. The summed E-state index contributed by atoms with van der Waals surface area (Å²) in [5.74, 6) is 1.42. The maximum absolute atomic E-state index is 10.9. The molecule has 0 spiro atoms. The van der Waals surface area contributed by atoms with Crippen molar-refractivity contribution in [3.05, 3.63) is 59.2 Å². The van der Waals surface area contributed by atoms with Crippen molar-refractivity contribution < 1.29 is 19.3 Å². The van der Waals surface area contributed by atoms with E-state index < -0.39 is 11.9 Å². The Kier molecular flexibility index (Phi) is 4.40. The summed E-state index contributed by atoms with van der Waals surface area (Å²) in [6.45, 7) is 3.34. The summed E-state index contributed by atoms with van der Waals surface area (Å²) in [7, 11) is 0. The molecule has 0 aliphatic carbocycles. The summed E-state index contributed by atoms with van der Waals surface area (Å²) in [6, 6.07) is 14.1. The van der Waals surface area contributed by atoms with Gasteiger partial charge in [-0.25, -0.2) is 0 Å². The SMILES string of the molecule is CCCc1ccc(C2Oc3ccc(C4(O)CCOCC4)cc3O2)cc1. The molecule has 0 amide bonds. The van der Waals surface area contributed by atoms with Crippen LogP contribution in [0, 0.1) is 0 Å². The first-order valence-corrected chi connectivity index (χ1v) is 9.05. The molecule has 2 heterocycles. The highest BCUT2D eigenvalue weighted by atomic mass is 16.7. The third kappa shape index (κ3) is 3.24. The third-order valence-electron chi connectivity index (χ3n) is 5.06. The van der Waals surface area contributed by atoms with Gasteiger partial charge in [-0.1, -0.05) is 43.7 Å². The van der Waals surface area contributed by atoms with Gasteiger partial charge in [0.1, 0.15) is 0 Å². The summed E-state index contributed by atoms with van der Waals surface area (Å²) < 4.78 is 17.3. The second kappa shape index (κ2) is 6.70. The van der Waals surface area contributed by atoms with Crippen molar-refractivity contribution in [1.29, 1.82) is 0 Å². The average Bonchev–Trinajstić information content (AvgIpc) is 3.06. The minimum Gasteiger partial charge on any atom is -0.447 e. The highest BCUT2D eigenvalue weighted by Gasteiger charge is 2.34. The van der Waals surface area contributed by atoms with E-state index in [1.165, 1.54) is 5.56 Å². The van der Waals surface area contributed by atoms with Crippen molar-refractivity contribution in [3.8, 4) is 11.5 Å². The monoisotopic (exact) mass is 340 g/mol. The van der Waals surface area contributed by atoms with Crippen LogP contribution in [0.25, 0.3) is 0 Å². The van der Waals surface area contributed by atoms with Gasteiger partial charge in [-0.2, -0.15) is 0 Å². The number of aryl methyl sites for hydroxylation is 1. The number of benzene rings is 2. The van der Waals surface area contributed by atoms with Gasteiger partial charge in [0.2, 0.25) is 0 Å². The lowest BCUT2D eigenvalue weighted by Crippen LogP contribution is -2.33. The fourth-order valence-electron chi connectivity index (χ4n) is 3.51. The molecule has 1 atom stereocenters. The zero-order chi connectivity index (χ0) is 17.3. The van der Waals surface area contributed by atoms with Crippen molar-refractivity contribution in [3.63, 3.8) is 0 Å². The maximum atomic E-state index is 10.9. The van der Waals surface area contributed by atoms with Gasteiger partial charge in [-0.3, -0.25) is 0 Å². The second-order valence-electron chi connectivity index (χ2n) is 6.86. The summed E-state index contributed by atoms with van der Waals surface area (Å²) in [4.78, 5) is 0. The first-order chi connectivity index (χ1) is 12.2. The van der Waals surface area contributed by atoms with E-state index >= 15 is 0 Å². The first kappa shape index (κ1) is 16.4. The largest absolute Gasteiger partial charge is 0.447 e. The van der Waals surface area contributed by atoms with Crippen molar-refractivity contribution in [1.82, 2.24) is 0 Å². The second-order valence-corrected chi connectivity index (χ2v) is 6.86. The van der Waals surface area contributed by atoms with Gasteiger partial charge in [0.05, 0.1) is 5.60 Å². The maximum Gasteiger partial charge on any atom is 0.267 e. The molecule has 2 aromatic rings. The Morgan fingerprint density at radius 1 is 1.00 bits per heavy atom. The minimum absolute atomic E-state index is 0.426. The van der Waals surface area contributed by atoms with Crippen LogP contribution >= 0.6 is 0 Å². The normalized spacial score (nSPS) is 21.3. The van der Waals surface area contributed by atoms with Crippen LogP contribution < -0.4 is 9.47 Å². The molecule has 1 unspecified atom stereocenters. The summed E-state index contributed by atoms with van der Waals surface area (Å²) in [5.41, 5.74) is 2.36. The first-order valence-electron chi connectivity index (χ1n) is 9.05. The molecule has 2 aliphatic heterocycles. The van der Waals surface area contributed by atoms with Crippen molar-refractivity contribution >= 4 is 0 Å². The van der Waals surface area contributed by atoms with Gasteiger partial charge in [-0.15, -0.1) is 0 Å². The average molecular weight is 340 g/mol. The molecule has 0 aromatic heterocycles. The predicted molar refractivity (Wildman–Crippen MR) is 94.8 cm³/mol. The van der Waals surface area contributed by atoms with E-state index in [-0.39, 0.29) is 0 Å². The van der Waals surface area contributed by atoms with E-state index in [4.69, 9.17) is 14.2 Å². The number of rotatable bonds is 4. The Balaban J connectivity index is 1.52. The Hall–Kier alpha value is -2.04. The zero-order valence-corrected chi connectivity index (χ0v) is 14.5. The van der Waals surface area contributed by atoms with Crippen LogP contribution in [0.5, 0.6) is 11.5 Å². The smallest absolute Gasteiger partial charge is 0.267 e. The molecule has 25 heavy (non-hydrogen) atoms. The van der Waals surface area contributed by atoms with Gasteiger partial charge >= 0.3 is 0 Å². The summed E-state index contributed by atoms with van der Waals surface area (Å²) in [6.07, 6.45) is 3.01. The summed E-state index contributed by atoms with van der Waals surface area (Å²) in [5, 5.41) is 10.9. The molecule has 1 fully saturated rings. The zero-order valence-electron chi connectivity index (χ0n) is 14.5. The Morgan fingerprint density at radius 3 is 2.44 bits per heavy atom. The van der Waals surface area contributed by atoms with Gasteiger partial charge in [0.15, 0.2) is 11.5 Å². The Bertz CT molecular complexity index is 732. The molecule has 1 saturated heterocycles. The number of hydrogen-bond acceptors (Lipinski definition) is 4. The molecule has 0 radical (unpaired) electrons. The lowest BCUT2D eigenvalue weighted by Gasteiger charge is -2.32. The van der Waals surface area contributed by atoms with Crippen LogP contribution in [-0.2, 0) is 16.8 Å². The quantitative estimate of drug-likeness (QED) is 0.910. The lowest BCUT2D eigenvalue weighted by atomic mass is 9.86. The highest BCUT2D eigenvalue weighted by molar-refractivity contribution is 5.47. The van der Waals surface area contributed by atoms with Crippen LogP contribution in [-0.4, -0.2) is 18.3 Å². The number of hydrogen-bond donors (Lipinski definition) is 1. The van der Waals surface area contributed by atoms with E-state index in [9.17, 15) is 5.11 Å². The standard InChI is InChI=1S/C21H24O4/c1-2-3-15-4-6-16(7-5-15)20-24-18-9-8-17(14-19(18)25-20)21(22)10-12-23-13-11-21/h4-9,14,20,22H,2-3,10-13H2,1H3. The van der Waals surface area contributed by atoms with E-state index in [0.29, 0.717) is 31.8 Å². The van der Waals surface area contributed by atoms with E-state index in [0.717, 1.165) is 29.7 Å². The molecular formula is C21H24O4. The van der Waals surface area contributed by atoms with E-state index in [1.54, 1.807) is 0 Å². The van der Waals surface area contributed by atoms with Crippen LogP contribution in [0.1, 0.15) is 49.2 Å². The number of fused-ring (bicyclic) bond motifs is 1. The molecule has 4 nitrogen and oxygen atoms in total. The number of ether oxygens (including phenoxy) is 3. The van der Waals surface area contributed by atoms with Gasteiger partial charge in [-0.05, 0) is 29.7 Å². The molecular weight excluding hydrogens is 316 g/mol. The molecule has 1 N–H and O–H groups in total. The van der Waals surface area contributed by atoms with Gasteiger partial charge in [0, 0.05) is 31.6 Å². The van der Waals surface area contributed by atoms with Crippen LogP contribution in [0.3, 0.4) is 0 Å². The molecule has 4 rings (SSSR count). The molecule has 0 saturated carbocycles. The van der Waals surface area contributed by atoms with Crippen LogP contribution in [0.4, 0.5) is 0 Å². The summed E-state index contributed by atoms with van der Waals surface area (Å²) >= 11 is 0. The molecule has 132 valence electrons. The highest BCUT2D eigenvalue weighted by Crippen LogP contribution is 2.44. The van der Waals surface area contributed by atoms with Crippen LogP contribution in [0.2, 0.25) is 0 Å². The van der Waals surface area contributed by atoms with Gasteiger partial charge in [0.25, 0.3) is 6.29 Å². The van der Waals surface area contributed by atoms with Crippen molar-refractivity contribution in [2.24, 2.45) is 0 Å². The fourth-order valence-corrected chi connectivity index (χ4v) is 3.51. The third-order valence-corrected chi connectivity index (χ3v) is 5.06. The van der Waals surface area contributed by atoms with E-state index in [1.807, 2.05) is 18.2 Å². The fraction of sp³-hybridized carbons (Fsp3) is 0.429. The lowest BCUT2D eigenvalue weighted by molar-refractivity contribution is -0.0680. The molecule has 2 aliphatic rings. The minimum atomic E-state index is -0.837. The van der Waals surface area contributed by atoms with E-state index in [2.05, 4.69) is 31.2 Å². The molecule has 0 bridgehead atoms. The van der Waals surface area contributed by atoms with Crippen LogP contribution in [0.15, 0.2) is 42.5 Å². The predicted octanol–water partition coefficient (Wildman–Crippen LogP) is 4.11. The number of aliphatic hydroxyl groups is 1. The van der Waals surface area contributed by atoms with Crippen molar-refractivity contribution in [2.45, 2.75) is 44.5 Å². The Labute approximate surface area is 148 Å². The molecule has 2 aromatic carbocycles. The molecule has 4 heteroatoms. The van der Waals surface area contributed by atoms with Gasteiger partial charge < -0.3 is 19.3 Å².